The molecule has 0 aliphatic carbocycles. The SMILES string of the molecule is CC(C)CC1NC(=O)CN(C2(C)CCOC2C)C1=O. The Bertz CT molecular complexity index is 383. The third kappa shape index (κ3) is 2.61. The van der Waals surface area contributed by atoms with Crippen LogP contribution in [0.25, 0.3) is 0 Å². The summed E-state index contributed by atoms with van der Waals surface area (Å²) in [6, 6.07) is -0.383. The van der Waals surface area contributed by atoms with E-state index in [0.717, 1.165) is 6.42 Å². The van der Waals surface area contributed by atoms with E-state index in [1.165, 1.54) is 0 Å². The van der Waals surface area contributed by atoms with Crippen molar-refractivity contribution in [1.82, 2.24) is 10.2 Å². The predicted molar refractivity (Wildman–Crippen MR) is 71.5 cm³/mol. The van der Waals surface area contributed by atoms with E-state index in [0.29, 0.717) is 18.9 Å². The van der Waals surface area contributed by atoms with Gasteiger partial charge in [-0.1, -0.05) is 13.8 Å². The molecule has 0 radical (unpaired) electrons. The third-order valence-corrected chi connectivity index (χ3v) is 4.38. The molecule has 2 aliphatic rings. The van der Waals surface area contributed by atoms with Gasteiger partial charge in [-0.3, -0.25) is 9.59 Å². The number of hydrogen-bond donors (Lipinski definition) is 1. The molecule has 2 fully saturated rings. The number of ether oxygens (including phenoxy) is 1. The second kappa shape index (κ2) is 5.12. The van der Waals surface area contributed by atoms with E-state index >= 15 is 0 Å². The van der Waals surface area contributed by atoms with Crippen LogP contribution in [0.15, 0.2) is 0 Å². The van der Waals surface area contributed by atoms with E-state index in [4.69, 9.17) is 4.74 Å². The highest BCUT2D eigenvalue weighted by Gasteiger charge is 2.48. The molecule has 2 heterocycles. The zero-order chi connectivity index (χ0) is 14.2. The molecule has 2 aliphatic heterocycles. The summed E-state index contributed by atoms with van der Waals surface area (Å²) in [6.45, 7) is 8.91. The summed E-state index contributed by atoms with van der Waals surface area (Å²) in [5.41, 5.74) is -0.357. The van der Waals surface area contributed by atoms with Crippen LogP contribution in [-0.2, 0) is 14.3 Å². The minimum absolute atomic E-state index is 0.0259. The van der Waals surface area contributed by atoms with E-state index in [1.54, 1.807) is 4.90 Å². The fourth-order valence-electron chi connectivity index (χ4n) is 2.95. The van der Waals surface area contributed by atoms with Crippen molar-refractivity contribution in [2.75, 3.05) is 13.2 Å². The zero-order valence-electron chi connectivity index (χ0n) is 12.2. The average molecular weight is 268 g/mol. The van der Waals surface area contributed by atoms with Crippen LogP contribution >= 0.6 is 0 Å². The van der Waals surface area contributed by atoms with Crippen molar-refractivity contribution < 1.29 is 14.3 Å². The number of carbonyl (C=O) groups excluding carboxylic acids is 2. The lowest BCUT2D eigenvalue weighted by molar-refractivity contribution is -0.152. The van der Waals surface area contributed by atoms with E-state index in [-0.39, 0.29) is 36.0 Å². The first kappa shape index (κ1) is 14.3. The van der Waals surface area contributed by atoms with Gasteiger partial charge in [0.15, 0.2) is 0 Å². The molecule has 0 spiro atoms. The van der Waals surface area contributed by atoms with Gasteiger partial charge in [-0.05, 0) is 32.6 Å². The number of piperazine rings is 1. The maximum Gasteiger partial charge on any atom is 0.246 e. The monoisotopic (exact) mass is 268 g/mol. The summed E-state index contributed by atoms with van der Waals surface area (Å²) in [4.78, 5) is 26.2. The van der Waals surface area contributed by atoms with Crippen LogP contribution in [-0.4, -0.2) is 47.6 Å². The Morgan fingerprint density at radius 3 is 2.68 bits per heavy atom. The molecule has 3 unspecified atom stereocenters. The van der Waals surface area contributed by atoms with Gasteiger partial charge in [0.25, 0.3) is 0 Å². The number of rotatable bonds is 3. The number of carbonyl (C=O) groups is 2. The molecule has 2 amide bonds. The van der Waals surface area contributed by atoms with E-state index < -0.39 is 0 Å². The summed E-state index contributed by atoms with van der Waals surface area (Å²) in [5.74, 6) is 0.345. The highest BCUT2D eigenvalue weighted by molar-refractivity contribution is 5.95. The van der Waals surface area contributed by atoms with E-state index in [2.05, 4.69) is 19.2 Å². The summed E-state index contributed by atoms with van der Waals surface area (Å²) in [7, 11) is 0. The first-order valence-corrected chi connectivity index (χ1v) is 7.07. The second-order valence-electron chi connectivity index (χ2n) is 6.29. The van der Waals surface area contributed by atoms with E-state index in [1.807, 2.05) is 13.8 Å². The minimum atomic E-state index is -0.383. The number of nitrogens with one attached hydrogen (secondary N) is 1. The Kier molecular flexibility index (Phi) is 3.85. The number of amides is 2. The second-order valence-corrected chi connectivity index (χ2v) is 6.29. The third-order valence-electron chi connectivity index (χ3n) is 4.38. The topological polar surface area (TPSA) is 58.6 Å². The van der Waals surface area contributed by atoms with Gasteiger partial charge in [0.05, 0.1) is 11.6 Å². The molecule has 0 bridgehead atoms. The molecule has 5 nitrogen and oxygen atoms in total. The lowest BCUT2D eigenvalue weighted by Crippen LogP contribution is -2.66. The van der Waals surface area contributed by atoms with Crippen LogP contribution in [0, 0.1) is 5.92 Å². The Balaban J connectivity index is 2.20. The maximum atomic E-state index is 12.6. The van der Waals surface area contributed by atoms with Crippen LogP contribution in [0.2, 0.25) is 0 Å². The van der Waals surface area contributed by atoms with Crippen molar-refractivity contribution in [3.8, 4) is 0 Å². The predicted octanol–water partition coefficient (Wildman–Crippen LogP) is 0.927. The fraction of sp³-hybridized carbons (Fsp3) is 0.857. The molecular formula is C14H24N2O3. The summed E-state index contributed by atoms with van der Waals surface area (Å²) in [5, 5.41) is 2.81. The molecule has 2 saturated heterocycles. The Morgan fingerprint density at radius 1 is 1.47 bits per heavy atom. The quantitative estimate of drug-likeness (QED) is 0.828. The van der Waals surface area contributed by atoms with Gasteiger partial charge in [-0.25, -0.2) is 0 Å². The zero-order valence-corrected chi connectivity index (χ0v) is 12.2. The van der Waals surface area contributed by atoms with Gasteiger partial charge in [0, 0.05) is 6.61 Å². The smallest absolute Gasteiger partial charge is 0.246 e. The molecule has 108 valence electrons. The molecule has 19 heavy (non-hydrogen) atoms. The van der Waals surface area contributed by atoms with Crippen molar-refractivity contribution in [1.29, 1.82) is 0 Å². The van der Waals surface area contributed by atoms with Crippen molar-refractivity contribution in [3.05, 3.63) is 0 Å². The molecule has 1 N–H and O–H groups in total. The Hall–Kier alpha value is -1.10. The first-order chi connectivity index (χ1) is 8.84. The lowest BCUT2D eigenvalue weighted by Gasteiger charge is -2.44. The minimum Gasteiger partial charge on any atom is -0.376 e. The molecule has 0 aromatic carbocycles. The van der Waals surface area contributed by atoms with Gasteiger partial charge in [-0.15, -0.1) is 0 Å². The summed E-state index contributed by atoms with van der Waals surface area (Å²) >= 11 is 0. The molecule has 0 aromatic rings. The van der Waals surface area contributed by atoms with Gasteiger partial charge in [0.2, 0.25) is 11.8 Å². The molecule has 3 atom stereocenters. The van der Waals surface area contributed by atoms with E-state index in [9.17, 15) is 9.59 Å². The van der Waals surface area contributed by atoms with Crippen LogP contribution in [0.4, 0.5) is 0 Å². The Labute approximate surface area is 114 Å². The van der Waals surface area contributed by atoms with Crippen molar-refractivity contribution in [2.45, 2.75) is 58.2 Å². The van der Waals surface area contributed by atoms with Gasteiger partial charge >= 0.3 is 0 Å². The maximum absolute atomic E-state index is 12.6. The van der Waals surface area contributed by atoms with Crippen molar-refractivity contribution in [2.24, 2.45) is 5.92 Å². The highest BCUT2D eigenvalue weighted by atomic mass is 16.5. The van der Waals surface area contributed by atoms with Crippen LogP contribution in [0.3, 0.4) is 0 Å². The lowest BCUT2D eigenvalue weighted by atomic mass is 9.89. The molecular weight excluding hydrogens is 244 g/mol. The van der Waals surface area contributed by atoms with Gasteiger partial charge in [-0.2, -0.15) is 0 Å². The molecule has 0 aromatic heterocycles. The standard InChI is InChI=1S/C14H24N2O3/c1-9(2)7-11-13(18)16(8-12(17)15-11)14(4)5-6-19-10(14)3/h9-11H,5-8H2,1-4H3,(H,15,17). The highest BCUT2D eigenvalue weighted by Crippen LogP contribution is 2.33. The largest absolute Gasteiger partial charge is 0.376 e. The normalized spacial score (nSPS) is 35.9. The fourth-order valence-corrected chi connectivity index (χ4v) is 2.95. The summed E-state index contributed by atoms with van der Waals surface area (Å²) in [6.07, 6.45) is 1.45. The Morgan fingerprint density at radius 2 is 2.16 bits per heavy atom. The van der Waals surface area contributed by atoms with Crippen LogP contribution < -0.4 is 5.32 Å². The van der Waals surface area contributed by atoms with Crippen molar-refractivity contribution in [3.63, 3.8) is 0 Å². The summed E-state index contributed by atoms with van der Waals surface area (Å²) < 4.78 is 5.60. The van der Waals surface area contributed by atoms with Crippen LogP contribution in [0.5, 0.6) is 0 Å². The average Bonchev–Trinajstić information content (AvgIpc) is 2.64. The number of hydrogen-bond acceptors (Lipinski definition) is 3. The molecule has 5 heteroatoms. The molecule has 0 saturated carbocycles. The van der Waals surface area contributed by atoms with Crippen LogP contribution in [0.1, 0.15) is 40.5 Å². The number of nitrogens with zero attached hydrogens (tertiary/aromatic N) is 1. The molecule has 2 rings (SSSR count). The first-order valence-electron chi connectivity index (χ1n) is 7.07. The van der Waals surface area contributed by atoms with Gasteiger partial charge in [0.1, 0.15) is 12.6 Å². The van der Waals surface area contributed by atoms with Gasteiger partial charge < -0.3 is 15.0 Å². The van der Waals surface area contributed by atoms with Crippen molar-refractivity contribution >= 4 is 11.8 Å².